The van der Waals surface area contributed by atoms with Gasteiger partial charge >= 0.3 is 0 Å². The van der Waals surface area contributed by atoms with Gasteiger partial charge in [0.15, 0.2) is 0 Å². The minimum atomic E-state index is -3.75. The zero-order valence-electron chi connectivity index (χ0n) is 11.0. The molecule has 0 aliphatic carbocycles. The molecule has 0 radical (unpaired) electrons. The number of unbranched alkanes of at least 4 members (excludes halogenated alkanes) is 1. The lowest BCUT2D eigenvalue weighted by atomic mass is 10.4. The van der Waals surface area contributed by atoms with Gasteiger partial charge in [-0.15, -0.1) is 0 Å². The van der Waals surface area contributed by atoms with Crippen LogP contribution in [0.25, 0.3) is 0 Å². The molecule has 0 saturated heterocycles. The van der Waals surface area contributed by atoms with Gasteiger partial charge in [-0.25, -0.2) is 13.1 Å². The summed E-state index contributed by atoms with van der Waals surface area (Å²) in [7, 11) is -3.75. The number of sulfonamides is 1. The van der Waals surface area contributed by atoms with Crippen molar-refractivity contribution in [3.8, 4) is 0 Å². The van der Waals surface area contributed by atoms with Gasteiger partial charge in [0.2, 0.25) is 10.0 Å². The lowest BCUT2D eigenvalue weighted by Crippen LogP contribution is -2.28. The maximum atomic E-state index is 12.1. The number of ether oxygens (including phenoxy) is 1. The Kier molecular flexibility index (Phi) is 7.79. The second-order valence-electron chi connectivity index (χ2n) is 4.06. The fourth-order valence-electron chi connectivity index (χ4n) is 1.45. The zero-order valence-corrected chi connectivity index (χ0v) is 14.9. The Balaban J connectivity index is 2.66. The van der Waals surface area contributed by atoms with Crippen LogP contribution in [-0.4, -0.2) is 28.2 Å². The Hall–Kier alpha value is 0.150. The summed E-state index contributed by atoms with van der Waals surface area (Å²) in [5, 5.41) is 0.146. The van der Waals surface area contributed by atoms with Gasteiger partial charge in [0.25, 0.3) is 0 Å². The first-order valence-electron chi connectivity index (χ1n) is 6.10. The quantitative estimate of drug-likeness (QED) is 0.669. The Labute approximate surface area is 138 Å². The predicted octanol–water partition coefficient (Wildman–Crippen LogP) is 3.85. The molecule has 0 fully saturated rings. The van der Waals surface area contributed by atoms with Gasteiger partial charge in [0.1, 0.15) is 4.90 Å². The van der Waals surface area contributed by atoms with Crippen molar-refractivity contribution < 1.29 is 13.2 Å². The van der Waals surface area contributed by atoms with Crippen molar-refractivity contribution in [2.45, 2.75) is 24.7 Å². The summed E-state index contributed by atoms with van der Waals surface area (Å²) in [5.41, 5.74) is 0. The van der Waals surface area contributed by atoms with Gasteiger partial charge in [-0.05, 0) is 18.6 Å². The molecule has 4 nitrogen and oxygen atoms in total. The van der Waals surface area contributed by atoms with Crippen LogP contribution in [0.15, 0.2) is 21.5 Å². The predicted molar refractivity (Wildman–Crippen MR) is 85.1 cm³/mol. The lowest BCUT2D eigenvalue weighted by Gasteiger charge is -2.10. The highest BCUT2D eigenvalue weighted by atomic mass is 79.9. The van der Waals surface area contributed by atoms with Crippen molar-refractivity contribution in [1.82, 2.24) is 4.72 Å². The molecule has 0 aliphatic heterocycles. The normalized spacial score (nSPS) is 11.8. The number of nitrogens with one attached hydrogen (secondary N) is 1. The first-order valence-corrected chi connectivity index (χ1v) is 9.13. The maximum Gasteiger partial charge on any atom is 0.243 e. The van der Waals surface area contributed by atoms with Crippen LogP contribution in [-0.2, 0) is 14.8 Å². The van der Waals surface area contributed by atoms with Crippen LogP contribution in [0.4, 0.5) is 0 Å². The summed E-state index contributed by atoms with van der Waals surface area (Å²) < 4.78 is 32.6. The molecule has 0 atom stereocenters. The summed E-state index contributed by atoms with van der Waals surface area (Å²) in [5.74, 6) is 0. The van der Waals surface area contributed by atoms with E-state index < -0.39 is 10.0 Å². The van der Waals surface area contributed by atoms with E-state index in [1.807, 2.05) is 0 Å². The van der Waals surface area contributed by atoms with Crippen LogP contribution >= 0.6 is 39.1 Å². The standard InChI is InChI=1S/C12H16BrCl2NO3S/c1-2-3-5-19-6-4-16-20(17,18)12-10(14)7-9(13)8-11(12)15/h7-8,16H,2-6H2,1H3. The molecule has 0 aliphatic rings. The van der Waals surface area contributed by atoms with Gasteiger partial charge < -0.3 is 4.74 Å². The van der Waals surface area contributed by atoms with Gasteiger partial charge in [-0.1, -0.05) is 52.5 Å². The lowest BCUT2D eigenvalue weighted by molar-refractivity contribution is 0.136. The molecule has 8 heteroatoms. The number of rotatable bonds is 8. The van der Waals surface area contributed by atoms with Gasteiger partial charge in [0, 0.05) is 17.6 Å². The van der Waals surface area contributed by atoms with Crippen molar-refractivity contribution in [2.24, 2.45) is 0 Å². The van der Waals surface area contributed by atoms with Crippen molar-refractivity contribution in [3.63, 3.8) is 0 Å². The second kappa shape index (κ2) is 8.56. The summed E-state index contributed by atoms with van der Waals surface area (Å²) >= 11 is 15.1. The van der Waals surface area contributed by atoms with Crippen molar-refractivity contribution >= 4 is 49.2 Å². The molecule has 0 heterocycles. The fourth-order valence-corrected chi connectivity index (χ4v) is 4.40. The van der Waals surface area contributed by atoms with E-state index in [4.69, 9.17) is 27.9 Å². The van der Waals surface area contributed by atoms with Crippen LogP contribution in [0.5, 0.6) is 0 Å². The topological polar surface area (TPSA) is 55.4 Å². The van der Waals surface area contributed by atoms with Crippen LogP contribution in [0, 0.1) is 0 Å². The van der Waals surface area contributed by atoms with Crippen molar-refractivity contribution in [3.05, 3.63) is 26.7 Å². The minimum Gasteiger partial charge on any atom is -0.380 e. The highest BCUT2D eigenvalue weighted by Crippen LogP contribution is 2.32. The van der Waals surface area contributed by atoms with Crippen LogP contribution in [0.2, 0.25) is 10.0 Å². The molecule has 0 bridgehead atoms. The molecule has 20 heavy (non-hydrogen) atoms. The summed E-state index contributed by atoms with van der Waals surface area (Å²) in [6.07, 6.45) is 1.99. The molecule has 1 rings (SSSR count). The smallest absolute Gasteiger partial charge is 0.243 e. The van der Waals surface area contributed by atoms with Crippen LogP contribution in [0.3, 0.4) is 0 Å². The SMILES string of the molecule is CCCCOCCNS(=O)(=O)c1c(Cl)cc(Br)cc1Cl. The van der Waals surface area contributed by atoms with E-state index in [9.17, 15) is 8.42 Å². The monoisotopic (exact) mass is 403 g/mol. The Bertz CT molecular complexity index is 529. The molecular formula is C12H16BrCl2NO3S. The fraction of sp³-hybridized carbons (Fsp3) is 0.500. The molecule has 1 aromatic carbocycles. The maximum absolute atomic E-state index is 12.1. The zero-order chi connectivity index (χ0) is 15.2. The molecule has 0 aromatic heterocycles. The first-order chi connectivity index (χ1) is 9.38. The minimum absolute atomic E-state index is 0.0729. The molecule has 0 unspecified atom stereocenters. The third-order valence-corrected chi connectivity index (χ3v) is 5.25. The van der Waals surface area contributed by atoms with Gasteiger partial charge in [0.05, 0.1) is 16.7 Å². The molecular weight excluding hydrogens is 389 g/mol. The molecule has 114 valence electrons. The van der Waals surface area contributed by atoms with E-state index in [-0.39, 0.29) is 21.5 Å². The third kappa shape index (κ3) is 5.50. The Morgan fingerprint density at radius 2 is 1.85 bits per heavy atom. The summed E-state index contributed by atoms with van der Waals surface area (Å²) in [4.78, 5) is -0.113. The van der Waals surface area contributed by atoms with Crippen LogP contribution in [0.1, 0.15) is 19.8 Å². The second-order valence-corrected chi connectivity index (χ2v) is 7.50. The van der Waals surface area contributed by atoms with Crippen molar-refractivity contribution in [1.29, 1.82) is 0 Å². The highest BCUT2D eigenvalue weighted by molar-refractivity contribution is 9.10. The molecule has 0 saturated carbocycles. The first kappa shape index (κ1) is 18.2. The van der Waals surface area contributed by atoms with E-state index in [0.29, 0.717) is 17.7 Å². The Morgan fingerprint density at radius 1 is 1.25 bits per heavy atom. The van der Waals surface area contributed by atoms with E-state index in [0.717, 1.165) is 12.8 Å². The summed E-state index contributed by atoms with van der Waals surface area (Å²) in [6, 6.07) is 2.97. The molecule has 0 spiro atoms. The summed E-state index contributed by atoms with van der Waals surface area (Å²) in [6.45, 7) is 3.17. The van der Waals surface area contributed by atoms with E-state index in [1.165, 1.54) is 12.1 Å². The Morgan fingerprint density at radius 3 is 2.40 bits per heavy atom. The largest absolute Gasteiger partial charge is 0.380 e. The van der Waals surface area contributed by atoms with Crippen LogP contribution < -0.4 is 4.72 Å². The number of halogens is 3. The molecule has 0 amide bonds. The van der Waals surface area contributed by atoms with E-state index in [1.54, 1.807) is 0 Å². The molecule has 1 aromatic rings. The number of hydrogen-bond acceptors (Lipinski definition) is 3. The number of hydrogen-bond donors (Lipinski definition) is 1. The van der Waals surface area contributed by atoms with Gasteiger partial charge in [-0.2, -0.15) is 0 Å². The third-order valence-electron chi connectivity index (χ3n) is 2.41. The molecule has 1 N–H and O–H groups in total. The van der Waals surface area contributed by atoms with Gasteiger partial charge in [-0.3, -0.25) is 0 Å². The van der Waals surface area contributed by atoms with E-state index >= 15 is 0 Å². The van der Waals surface area contributed by atoms with E-state index in [2.05, 4.69) is 27.6 Å². The number of benzene rings is 1. The van der Waals surface area contributed by atoms with Crippen molar-refractivity contribution in [2.75, 3.05) is 19.8 Å². The average Bonchev–Trinajstić information content (AvgIpc) is 2.31. The highest BCUT2D eigenvalue weighted by Gasteiger charge is 2.21. The average molecular weight is 405 g/mol.